The number of rotatable bonds is 3. The Morgan fingerprint density at radius 3 is 2.80 bits per heavy atom. The predicted molar refractivity (Wildman–Crippen MR) is 83.4 cm³/mol. The average Bonchev–Trinajstić information content (AvgIpc) is 2.80. The molecule has 0 radical (unpaired) electrons. The van der Waals surface area contributed by atoms with Gasteiger partial charge < -0.3 is 5.32 Å². The van der Waals surface area contributed by atoms with Crippen LogP contribution in [0.4, 0.5) is 5.13 Å². The number of benzene rings is 2. The number of anilines is 1. The monoisotopic (exact) mass is 302 g/mol. The first-order valence-corrected chi connectivity index (χ1v) is 7.30. The molecule has 3 rings (SSSR count). The first-order chi connectivity index (χ1) is 9.70. The summed E-state index contributed by atoms with van der Waals surface area (Å²) in [5, 5.41) is 4.09. The number of halogens is 1. The number of carbonyl (C=O) groups is 1. The van der Waals surface area contributed by atoms with Crippen molar-refractivity contribution in [3.05, 3.63) is 59.1 Å². The maximum Gasteiger partial charge on any atom is 0.230 e. The Labute approximate surface area is 125 Å². The third kappa shape index (κ3) is 2.98. The Hall–Kier alpha value is -1.91. The van der Waals surface area contributed by atoms with E-state index in [0.717, 1.165) is 15.8 Å². The quantitative estimate of drug-likeness (QED) is 0.790. The molecular formula is C15H11ClN2OS. The van der Waals surface area contributed by atoms with Gasteiger partial charge >= 0.3 is 0 Å². The van der Waals surface area contributed by atoms with Crippen LogP contribution in [0.3, 0.4) is 0 Å². The Bertz CT molecular complexity index is 755. The predicted octanol–water partition coefficient (Wildman–Crippen LogP) is 4.13. The van der Waals surface area contributed by atoms with Gasteiger partial charge in [-0.3, -0.25) is 4.79 Å². The number of hydrogen-bond acceptors (Lipinski definition) is 3. The van der Waals surface area contributed by atoms with E-state index in [1.165, 1.54) is 11.3 Å². The molecule has 2 aromatic carbocycles. The van der Waals surface area contributed by atoms with Crippen LogP contribution >= 0.6 is 22.9 Å². The second kappa shape index (κ2) is 5.61. The molecule has 3 aromatic rings. The molecule has 1 aromatic heterocycles. The fourth-order valence-corrected chi connectivity index (χ4v) is 3.05. The zero-order valence-electron chi connectivity index (χ0n) is 10.5. The molecule has 0 spiro atoms. The maximum absolute atomic E-state index is 12.0. The second-order valence-electron chi connectivity index (χ2n) is 4.34. The highest BCUT2D eigenvalue weighted by Gasteiger charge is 2.08. The standard InChI is InChI=1S/C15H11ClN2OS/c16-11-6-7-12-13(9-11)20-15(17-12)18-14(19)8-10-4-2-1-3-5-10/h1-7,9H,8H2,(H,17,18,19). The van der Waals surface area contributed by atoms with Gasteiger partial charge in [0.05, 0.1) is 16.6 Å². The lowest BCUT2D eigenvalue weighted by atomic mass is 10.1. The lowest BCUT2D eigenvalue weighted by molar-refractivity contribution is -0.115. The van der Waals surface area contributed by atoms with Gasteiger partial charge in [0.2, 0.25) is 5.91 Å². The van der Waals surface area contributed by atoms with Crippen molar-refractivity contribution in [3.8, 4) is 0 Å². The van der Waals surface area contributed by atoms with Gasteiger partial charge in [-0.2, -0.15) is 0 Å². The molecule has 5 heteroatoms. The molecule has 0 saturated carbocycles. The Morgan fingerprint density at radius 2 is 2.00 bits per heavy atom. The third-order valence-electron chi connectivity index (χ3n) is 2.80. The van der Waals surface area contributed by atoms with Crippen molar-refractivity contribution in [2.24, 2.45) is 0 Å². The minimum atomic E-state index is -0.0682. The SMILES string of the molecule is O=C(Cc1ccccc1)Nc1nc2ccc(Cl)cc2s1. The smallest absolute Gasteiger partial charge is 0.230 e. The molecule has 1 N–H and O–H groups in total. The number of thiazole rings is 1. The molecule has 0 saturated heterocycles. The van der Waals surface area contributed by atoms with E-state index in [0.29, 0.717) is 16.6 Å². The molecule has 0 aliphatic rings. The summed E-state index contributed by atoms with van der Waals surface area (Å²) in [6, 6.07) is 15.1. The first-order valence-electron chi connectivity index (χ1n) is 6.10. The van der Waals surface area contributed by atoms with Crippen LogP contribution in [0.1, 0.15) is 5.56 Å². The summed E-state index contributed by atoms with van der Waals surface area (Å²) in [5.41, 5.74) is 1.82. The van der Waals surface area contributed by atoms with Crippen molar-refractivity contribution in [3.63, 3.8) is 0 Å². The summed E-state index contributed by atoms with van der Waals surface area (Å²) in [6.45, 7) is 0. The van der Waals surface area contributed by atoms with Crippen molar-refractivity contribution in [2.75, 3.05) is 5.32 Å². The fraction of sp³-hybridized carbons (Fsp3) is 0.0667. The van der Waals surface area contributed by atoms with Gasteiger partial charge in [0.25, 0.3) is 0 Å². The molecular weight excluding hydrogens is 292 g/mol. The van der Waals surface area contributed by atoms with Gasteiger partial charge in [-0.25, -0.2) is 4.98 Å². The molecule has 1 amide bonds. The largest absolute Gasteiger partial charge is 0.302 e. The van der Waals surface area contributed by atoms with E-state index in [1.54, 1.807) is 6.07 Å². The van der Waals surface area contributed by atoms with Crippen LogP contribution in [0.2, 0.25) is 5.02 Å². The third-order valence-corrected chi connectivity index (χ3v) is 3.97. The van der Waals surface area contributed by atoms with Crippen molar-refractivity contribution in [1.82, 2.24) is 4.98 Å². The van der Waals surface area contributed by atoms with E-state index < -0.39 is 0 Å². The van der Waals surface area contributed by atoms with Gasteiger partial charge in [0.1, 0.15) is 0 Å². The average molecular weight is 303 g/mol. The number of amides is 1. The van der Waals surface area contributed by atoms with Gasteiger partial charge in [-0.15, -0.1) is 0 Å². The summed E-state index contributed by atoms with van der Waals surface area (Å²) in [5.74, 6) is -0.0682. The van der Waals surface area contributed by atoms with Gasteiger partial charge in [-0.05, 0) is 23.8 Å². The molecule has 0 fully saturated rings. The van der Waals surface area contributed by atoms with Gasteiger partial charge in [0.15, 0.2) is 5.13 Å². The maximum atomic E-state index is 12.0. The van der Waals surface area contributed by atoms with E-state index in [-0.39, 0.29) is 5.91 Å². The van der Waals surface area contributed by atoms with Gasteiger partial charge in [0, 0.05) is 5.02 Å². The number of carbonyl (C=O) groups excluding carboxylic acids is 1. The highest BCUT2D eigenvalue weighted by molar-refractivity contribution is 7.22. The highest BCUT2D eigenvalue weighted by Crippen LogP contribution is 2.28. The Kier molecular flexibility index (Phi) is 3.67. The molecule has 100 valence electrons. The lowest BCUT2D eigenvalue weighted by Crippen LogP contribution is -2.13. The first kappa shape index (κ1) is 13.1. The van der Waals surface area contributed by atoms with Crippen molar-refractivity contribution in [2.45, 2.75) is 6.42 Å². The van der Waals surface area contributed by atoms with E-state index in [9.17, 15) is 4.79 Å². The number of nitrogens with zero attached hydrogens (tertiary/aromatic N) is 1. The minimum absolute atomic E-state index is 0.0682. The van der Waals surface area contributed by atoms with Crippen molar-refractivity contribution < 1.29 is 4.79 Å². The number of aromatic nitrogens is 1. The van der Waals surface area contributed by atoms with Crippen LogP contribution < -0.4 is 5.32 Å². The molecule has 0 unspecified atom stereocenters. The van der Waals surface area contributed by atoms with Crippen LogP contribution in [-0.2, 0) is 11.2 Å². The molecule has 0 atom stereocenters. The van der Waals surface area contributed by atoms with Crippen LogP contribution in [0.25, 0.3) is 10.2 Å². The van der Waals surface area contributed by atoms with Crippen LogP contribution in [0.5, 0.6) is 0 Å². The molecule has 0 bridgehead atoms. The number of fused-ring (bicyclic) bond motifs is 1. The summed E-state index contributed by atoms with van der Waals surface area (Å²) in [7, 11) is 0. The highest BCUT2D eigenvalue weighted by atomic mass is 35.5. The Balaban J connectivity index is 1.74. The normalized spacial score (nSPS) is 10.7. The fourth-order valence-electron chi connectivity index (χ4n) is 1.90. The van der Waals surface area contributed by atoms with E-state index in [4.69, 9.17) is 11.6 Å². The zero-order valence-corrected chi connectivity index (χ0v) is 12.0. The van der Waals surface area contributed by atoms with Crippen LogP contribution in [0, 0.1) is 0 Å². The van der Waals surface area contributed by atoms with Crippen molar-refractivity contribution >= 4 is 44.2 Å². The molecule has 0 aliphatic carbocycles. The van der Waals surface area contributed by atoms with Gasteiger partial charge in [-0.1, -0.05) is 53.3 Å². The zero-order chi connectivity index (χ0) is 13.9. The number of hydrogen-bond donors (Lipinski definition) is 1. The minimum Gasteiger partial charge on any atom is -0.302 e. The van der Waals surface area contributed by atoms with Crippen molar-refractivity contribution in [1.29, 1.82) is 0 Å². The molecule has 20 heavy (non-hydrogen) atoms. The topological polar surface area (TPSA) is 42.0 Å². The van der Waals surface area contributed by atoms with E-state index >= 15 is 0 Å². The van der Waals surface area contributed by atoms with E-state index in [1.807, 2.05) is 42.5 Å². The van der Waals surface area contributed by atoms with E-state index in [2.05, 4.69) is 10.3 Å². The number of nitrogens with one attached hydrogen (secondary N) is 1. The lowest BCUT2D eigenvalue weighted by Gasteiger charge is -2.01. The molecule has 0 aliphatic heterocycles. The second-order valence-corrected chi connectivity index (χ2v) is 5.81. The molecule has 3 nitrogen and oxygen atoms in total. The Morgan fingerprint density at radius 1 is 1.20 bits per heavy atom. The summed E-state index contributed by atoms with van der Waals surface area (Å²) < 4.78 is 0.965. The van der Waals surface area contributed by atoms with Crippen LogP contribution in [0.15, 0.2) is 48.5 Å². The summed E-state index contributed by atoms with van der Waals surface area (Å²) in [6.07, 6.45) is 0.345. The molecule has 1 heterocycles. The summed E-state index contributed by atoms with van der Waals surface area (Å²) >= 11 is 7.36. The summed E-state index contributed by atoms with van der Waals surface area (Å²) in [4.78, 5) is 16.3. The van der Waals surface area contributed by atoms with Crippen LogP contribution in [-0.4, -0.2) is 10.9 Å².